The van der Waals surface area contributed by atoms with E-state index in [4.69, 9.17) is 9.47 Å². The highest BCUT2D eigenvalue weighted by molar-refractivity contribution is 6.12. The van der Waals surface area contributed by atoms with Crippen molar-refractivity contribution in [1.82, 2.24) is 0 Å². The summed E-state index contributed by atoms with van der Waals surface area (Å²) in [7, 11) is 3.12. The Morgan fingerprint density at radius 2 is 2.00 bits per heavy atom. The molecule has 0 aliphatic carbocycles. The minimum absolute atomic E-state index is 0.0799. The number of ether oxygens (including phenoxy) is 2. The number of methoxy groups -OCH3 is 1. The Bertz CT molecular complexity index is 893. The summed E-state index contributed by atoms with van der Waals surface area (Å²) >= 11 is 0. The number of nitrogens with zero attached hydrogens (tertiary/aromatic N) is 1. The maximum Gasteiger partial charge on any atom is 0.264 e. The summed E-state index contributed by atoms with van der Waals surface area (Å²) in [6.45, 7) is -0.0799. The largest absolute Gasteiger partial charge is 0.497 e. The van der Waals surface area contributed by atoms with Crippen molar-refractivity contribution >= 4 is 17.4 Å². The van der Waals surface area contributed by atoms with Crippen molar-refractivity contribution in [2.24, 2.45) is 5.92 Å². The summed E-state index contributed by atoms with van der Waals surface area (Å²) in [4.78, 5) is 27.2. The first-order valence-electron chi connectivity index (χ1n) is 7.93. The first kappa shape index (κ1) is 15.7. The molecule has 2 aromatic rings. The van der Waals surface area contributed by atoms with Gasteiger partial charge in [0.1, 0.15) is 18.1 Å². The number of anilines is 1. The fourth-order valence-electron chi connectivity index (χ4n) is 3.60. The van der Waals surface area contributed by atoms with Gasteiger partial charge in [0, 0.05) is 18.7 Å². The molecule has 0 unspecified atom stereocenters. The molecule has 0 saturated carbocycles. The third-order valence-electron chi connectivity index (χ3n) is 4.99. The number of amides is 1. The molecule has 6 heteroatoms. The van der Waals surface area contributed by atoms with E-state index in [2.05, 4.69) is 0 Å². The molecular weight excluding hydrogens is 322 g/mol. The highest BCUT2D eigenvalue weighted by Crippen LogP contribution is 2.47. The molecule has 4 rings (SSSR count). The quantitative estimate of drug-likeness (QED) is 0.902. The van der Waals surface area contributed by atoms with Gasteiger partial charge in [0.15, 0.2) is 11.4 Å². The molecule has 0 aromatic heterocycles. The third kappa shape index (κ3) is 2.01. The van der Waals surface area contributed by atoms with E-state index < -0.39 is 17.4 Å². The van der Waals surface area contributed by atoms with Gasteiger partial charge in [-0.05, 0) is 18.2 Å². The van der Waals surface area contributed by atoms with Crippen LogP contribution in [0.3, 0.4) is 0 Å². The maximum atomic E-state index is 13.0. The number of Topliss-reactive ketones (excluding diaryl/α,β-unsaturated/α-hetero) is 1. The SMILES string of the molecule is COc1ccc2c(c1)OC[C@H]([C@@]1(O)C(=O)N(C)c3ccccc31)C2=O. The lowest BCUT2D eigenvalue weighted by Gasteiger charge is -2.33. The fraction of sp³-hybridized carbons (Fsp3) is 0.263. The summed E-state index contributed by atoms with van der Waals surface area (Å²) in [5, 5.41) is 11.3. The molecule has 0 spiro atoms. The average molecular weight is 339 g/mol. The van der Waals surface area contributed by atoms with Crippen LogP contribution in [-0.4, -0.2) is 37.6 Å². The van der Waals surface area contributed by atoms with Crippen molar-refractivity contribution in [3.63, 3.8) is 0 Å². The second-order valence-corrected chi connectivity index (χ2v) is 6.24. The zero-order chi connectivity index (χ0) is 17.8. The number of aliphatic hydroxyl groups is 1. The summed E-state index contributed by atoms with van der Waals surface area (Å²) < 4.78 is 10.8. The van der Waals surface area contributed by atoms with Gasteiger partial charge >= 0.3 is 0 Å². The highest BCUT2D eigenvalue weighted by atomic mass is 16.5. The lowest BCUT2D eigenvalue weighted by Crippen LogP contribution is -2.51. The number of para-hydroxylation sites is 1. The standard InChI is InChI=1S/C19H17NO5/c1-20-15-6-4-3-5-13(15)19(23,18(20)22)14-10-25-16-9-11(24-2)7-8-12(16)17(14)21/h3-9,14,23H,10H2,1-2H3/t14-,19+/m0/s1. The van der Waals surface area contributed by atoms with E-state index in [1.165, 1.54) is 12.0 Å². The molecule has 0 bridgehead atoms. The lowest BCUT2D eigenvalue weighted by atomic mass is 9.77. The van der Waals surface area contributed by atoms with Crippen molar-refractivity contribution < 1.29 is 24.2 Å². The van der Waals surface area contributed by atoms with Gasteiger partial charge < -0.3 is 19.5 Å². The molecule has 0 radical (unpaired) electrons. The smallest absolute Gasteiger partial charge is 0.264 e. The Hall–Kier alpha value is -2.86. The van der Waals surface area contributed by atoms with Gasteiger partial charge in [-0.3, -0.25) is 9.59 Å². The van der Waals surface area contributed by atoms with Crippen molar-refractivity contribution in [2.75, 3.05) is 25.7 Å². The Morgan fingerprint density at radius 1 is 1.24 bits per heavy atom. The van der Waals surface area contributed by atoms with E-state index in [0.717, 1.165) is 0 Å². The second kappa shape index (κ2) is 5.32. The maximum absolute atomic E-state index is 13.0. The van der Waals surface area contributed by atoms with Gasteiger partial charge in [0.05, 0.1) is 24.3 Å². The van der Waals surface area contributed by atoms with Crippen molar-refractivity contribution in [1.29, 1.82) is 0 Å². The molecule has 25 heavy (non-hydrogen) atoms. The van der Waals surface area contributed by atoms with E-state index in [0.29, 0.717) is 28.3 Å². The number of ketones is 1. The van der Waals surface area contributed by atoms with E-state index in [1.807, 2.05) is 0 Å². The predicted molar refractivity (Wildman–Crippen MR) is 90.1 cm³/mol. The van der Waals surface area contributed by atoms with Crippen molar-refractivity contribution in [2.45, 2.75) is 5.60 Å². The summed E-state index contributed by atoms with van der Waals surface area (Å²) in [5.74, 6) is -0.869. The first-order valence-corrected chi connectivity index (χ1v) is 7.93. The molecular formula is C19H17NO5. The minimum Gasteiger partial charge on any atom is -0.497 e. The number of rotatable bonds is 2. The molecule has 2 heterocycles. The monoisotopic (exact) mass is 339 g/mol. The number of carbonyl (C=O) groups is 2. The van der Waals surface area contributed by atoms with Crippen LogP contribution in [0, 0.1) is 5.92 Å². The molecule has 6 nitrogen and oxygen atoms in total. The molecule has 128 valence electrons. The Morgan fingerprint density at radius 3 is 2.76 bits per heavy atom. The minimum atomic E-state index is -1.93. The van der Waals surface area contributed by atoms with E-state index >= 15 is 0 Å². The second-order valence-electron chi connectivity index (χ2n) is 6.24. The van der Waals surface area contributed by atoms with E-state index in [-0.39, 0.29) is 12.4 Å². The normalized spacial score (nSPS) is 24.6. The molecule has 1 N–H and O–H groups in total. The topological polar surface area (TPSA) is 76.1 Å². The lowest BCUT2D eigenvalue weighted by molar-refractivity contribution is -0.141. The fourth-order valence-corrected chi connectivity index (χ4v) is 3.60. The van der Waals surface area contributed by atoms with Crippen molar-refractivity contribution in [3.05, 3.63) is 53.6 Å². The van der Waals surface area contributed by atoms with Crippen LogP contribution in [0.1, 0.15) is 15.9 Å². The Kier molecular flexibility index (Phi) is 3.33. The number of fused-ring (bicyclic) bond motifs is 2. The predicted octanol–water partition coefficient (Wildman–Crippen LogP) is 1.75. The number of hydrogen-bond acceptors (Lipinski definition) is 5. The van der Waals surface area contributed by atoms with Gasteiger partial charge in [-0.2, -0.15) is 0 Å². The van der Waals surface area contributed by atoms with Gasteiger partial charge in [0.25, 0.3) is 5.91 Å². The zero-order valence-electron chi connectivity index (χ0n) is 13.9. The number of benzene rings is 2. The average Bonchev–Trinajstić information content (AvgIpc) is 2.84. The van der Waals surface area contributed by atoms with Crippen LogP contribution < -0.4 is 14.4 Å². The Labute approximate surface area is 144 Å². The zero-order valence-corrected chi connectivity index (χ0v) is 13.9. The van der Waals surface area contributed by atoms with Crippen LogP contribution in [0.4, 0.5) is 5.69 Å². The summed E-state index contributed by atoms with van der Waals surface area (Å²) in [6.07, 6.45) is 0. The Balaban J connectivity index is 1.80. The summed E-state index contributed by atoms with van der Waals surface area (Å²) in [5.41, 5.74) is -0.560. The highest BCUT2D eigenvalue weighted by Gasteiger charge is 2.57. The number of hydrogen-bond donors (Lipinski definition) is 1. The van der Waals surface area contributed by atoms with Crippen LogP contribution in [0.5, 0.6) is 11.5 Å². The molecule has 0 fully saturated rings. The number of likely N-dealkylation sites (N-methyl/N-ethyl adjacent to an activating group) is 1. The first-order chi connectivity index (χ1) is 12.0. The molecule has 2 aliphatic rings. The summed E-state index contributed by atoms with van der Waals surface area (Å²) in [6, 6.07) is 11.8. The van der Waals surface area contributed by atoms with Crippen LogP contribution in [0.15, 0.2) is 42.5 Å². The molecule has 1 amide bonds. The van der Waals surface area contributed by atoms with Crippen LogP contribution in [0.2, 0.25) is 0 Å². The van der Waals surface area contributed by atoms with Crippen molar-refractivity contribution in [3.8, 4) is 11.5 Å². The molecule has 2 aromatic carbocycles. The molecule has 2 aliphatic heterocycles. The van der Waals surface area contributed by atoms with Crippen LogP contribution in [-0.2, 0) is 10.4 Å². The van der Waals surface area contributed by atoms with E-state index in [9.17, 15) is 14.7 Å². The van der Waals surface area contributed by atoms with Gasteiger partial charge in [0.2, 0.25) is 0 Å². The van der Waals surface area contributed by atoms with Gasteiger partial charge in [-0.15, -0.1) is 0 Å². The molecule has 0 saturated heterocycles. The number of carbonyl (C=O) groups excluding carboxylic acids is 2. The molecule has 2 atom stereocenters. The van der Waals surface area contributed by atoms with Gasteiger partial charge in [-0.25, -0.2) is 0 Å². The van der Waals surface area contributed by atoms with Gasteiger partial charge in [-0.1, -0.05) is 18.2 Å². The van der Waals surface area contributed by atoms with Crippen LogP contribution in [0.25, 0.3) is 0 Å². The third-order valence-corrected chi connectivity index (χ3v) is 4.99. The van der Waals surface area contributed by atoms with Crippen LogP contribution >= 0.6 is 0 Å². The van der Waals surface area contributed by atoms with E-state index in [1.54, 1.807) is 49.5 Å².